The van der Waals surface area contributed by atoms with Crippen molar-refractivity contribution in [2.24, 2.45) is 0 Å². The van der Waals surface area contributed by atoms with Gasteiger partial charge in [0, 0.05) is 37.7 Å². The van der Waals surface area contributed by atoms with Gasteiger partial charge in [-0.15, -0.1) is 0 Å². The van der Waals surface area contributed by atoms with Crippen LogP contribution in [0, 0.1) is 0 Å². The highest BCUT2D eigenvalue weighted by Crippen LogP contribution is 2.35. The van der Waals surface area contributed by atoms with Gasteiger partial charge in [0.1, 0.15) is 11.6 Å². The summed E-state index contributed by atoms with van der Waals surface area (Å²) >= 11 is 13.7. The van der Waals surface area contributed by atoms with Crippen molar-refractivity contribution >= 4 is 65.8 Å². The summed E-state index contributed by atoms with van der Waals surface area (Å²) in [6, 6.07) is 10.8. The second-order valence-corrected chi connectivity index (χ2v) is 12.9. The van der Waals surface area contributed by atoms with Crippen molar-refractivity contribution in [1.82, 2.24) is 14.2 Å². The average molecular weight is 584 g/mol. The summed E-state index contributed by atoms with van der Waals surface area (Å²) in [5.74, 6) is -0.257. The first-order valence-electron chi connectivity index (χ1n) is 12.3. The fourth-order valence-corrected chi connectivity index (χ4v) is 7.87. The molecule has 8 nitrogen and oxygen atoms in total. The number of halogens is 2. The number of benzene rings is 2. The smallest absolute Gasteiger partial charge is 0.247 e. The molecule has 1 unspecified atom stereocenters. The van der Waals surface area contributed by atoms with Gasteiger partial charge < -0.3 is 4.74 Å². The van der Waals surface area contributed by atoms with Crippen LogP contribution in [0.2, 0.25) is 10.0 Å². The number of ether oxygens (including phenoxy) is 1. The van der Waals surface area contributed by atoms with Gasteiger partial charge in [0.2, 0.25) is 15.9 Å². The maximum absolute atomic E-state index is 14.0. The third-order valence-corrected chi connectivity index (χ3v) is 10.2. The fraction of sp³-hybridized carbons (Fsp3) is 0.440. The first kappa shape index (κ1) is 26.8. The molecule has 0 radical (unpaired) electrons. The van der Waals surface area contributed by atoms with E-state index in [4.69, 9.17) is 32.9 Å². The van der Waals surface area contributed by atoms with Crippen molar-refractivity contribution in [2.75, 3.05) is 50.8 Å². The lowest BCUT2D eigenvalue weighted by Gasteiger charge is -2.30. The van der Waals surface area contributed by atoms with Gasteiger partial charge in [-0.25, -0.2) is 13.4 Å². The maximum atomic E-state index is 14.0. The van der Waals surface area contributed by atoms with E-state index in [0.717, 1.165) is 30.8 Å². The molecule has 0 N–H and O–H groups in total. The number of para-hydroxylation sites is 1. The van der Waals surface area contributed by atoms with Crippen molar-refractivity contribution in [3.63, 3.8) is 0 Å². The molecule has 2 saturated heterocycles. The quantitative estimate of drug-likeness (QED) is 0.388. The molecule has 0 spiro atoms. The standard InChI is InChI=1S/C25H28Cl2N4O4S2/c26-18-7-9-19(10-8-18)37(33,34)31-13-2-5-21(31)24(32)30(12-3-11-29-14-16-35-17-15-29)25-28-23-20(27)4-1-6-22(23)36-25/h1,4,6-10,21H,2-3,5,11-17H2. The molecule has 2 aliphatic rings. The topological polar surface area (TPSA) is 83.1 Å². The Balaban J connectivity index is 1.42. The molecule has 0 bridgehead atoms. The molecule has 12 heteroatoms. The summed E-state index contributed by atoms with van der Waals surface area (Å²) < 4.78 is 34.6. The molecular weight excluding hydrogens is 555 g/mol. The lowest BCUT2D eigenvalue weighted by Crippen LogP contribution is -2.48. The van der Waals surface area contributed by atoms with Gasteiger partial charge >= 0.3 is 0 Å². The first-order chi connectivity index (χ1) is 17.8. The second kappa shape index (κ2) is 11.5. The molecule has 5 rings (SSSR count). The Kier molecular flexibility index (Phi) is 8.35. The Labute approximate surface area is 230 Å². The van der Waals surface area contributed by atoms with Crippen LogP contribution in [0.5, 0.6) is 0 Å². The lowest BCUT2D eigenvalue weighted by molar-refractivity contribution is -0.121. The molecule has 2 aliphatic heterocycles. The fourth-order valence-electron chi connectivity index (χ4n) is 4.79. The second-order valence-electron chi connectivity index (χ2n) is 9.11. The minimum Gasteiger partial charge on any atom is -0.379 e. The Morgan fingerprint density at radius 2 is 1.86 bits per heavy atom. The van der Waals surface area contributed by atoms with Gasteiger partial charge in [0.25, 0.3) is 0 Å². The highest BCUT2D eigenvalue weighted by molar-refractivity contribution is 7.89. The molecule has 1 atom stereocenters. The molecular formula is C25H28Cl2N4O4S2. The first-order valence-corrected chi connectivity index (χ1v) is 15.3. The van der Waals surface area contributed by atoms with E-state index in [2.05, 4.69) is 4.90 Å². The number of carbonyl (C=O) groups excluding carboxylic acids is 1. The van der Waals surface area contributed by atoms with E-state index in [0.29, 0.717) is 53.3 Å². The van der Waals surface area contributed by atoms with E-state index in [-0.39, 0.29) is 17.3 Å². The van der Waals surface area contributed by atoms with E-state index in [1.165, 1.54) is 27.8 Å². The minimum absolute atomic E-state index is 0.127. The number of morpholine rings is 1. The number of nitrogens with zero attached hydrogens (tertiary/aromatic N) is 4. The number of fused-ring (bicyclic) bond motifs is 1. The maximum Gasteiger partial charge on any atom is 0.247 e. The predicted octanol–water partition coefficient (Wildman–Crippen LogP) is 4.51. The molecule has 1 amide bonds. The molecule has 3 aromatic rings. The van der Waals surface area contributed by atoms with Crippen molar-refractivity contribution in [2.45, 2.75) is 30.2 Å². The summed E-state index contributed by atoms with van der Waals surface area (Å²) in [4.78, 5) is 22.8. The zero-order valence-corrected chi connectivity index (χ0v) is 23.3. The van der Waals surface area contributed by atoms with Gasteiger partial charge in [-0.2, -0.15) is 4.31 Å². The van der Waals surface area contributed by atoms with Crippen molar-refractivity contribution in [3.05, 3.63) is 52.5 Å². The van der Waals surface area contributed by atoms with Crippen LogP contribution in [0.25, 0.3) is 10.2 Å². The SMILES string of the molecule is O=C(C1CCCN1S(=O)(=O)c1ccc(Cl)cc1)N(CCCN1CCOCC1)c1nc2c(Cl)cccc2s1. The van der Waals surface area contributed by atoms with Gasteiger partial charge in [-0.1, -0.05) is 40.6 Å². The van der Waals surface area contributed by atoms with Crippen molar-refractivity contribution in [3.8, 4) is 0 Å². The zero-order chi connectivity index (χ0) is 26.0. The van der Waals surface area contributed by atoms with Crippen LogP contribution in [-0.2, 0) is 19.6 Å². The summed E-state index contributed by atoms with van der Waals surface area (Å²) in [5.41, 5.74) is 0.646. The van der Waals surface area contributed by atoms with Gasteiger partial charge in [-0.05, 0) is 55.7 Å². The molecule has 3 heterocycles. The van der Waals surface area contributed by atoms with Gasteiger partial charge in [0.15, 0.2) is 5.13 Å². The summed E-state index contributed by atoms with van der Waals surface area (Å²) in [6.07, 6.45) is 1.79. The molecule has 37 heavy (non-hydrogen) atoms. The Hall–Kier alpha value is -1.79. The molecule has 2 aromatic carbocycles. The molecule has 0 saturated carbocycles. The number of amides is 1. The van der Waals surface area contributed by atoms with Crippen LogP contribution in [0.3, 0.4) is 0 Å². The summed E-state index contributed by atoms with van der Waals surface area (Å²) in [6.45, 7) is 4.67. The molecule has 198 valence electrons. The summed E-state index contributed by atoms with van der Waals surface area (Å²) in [5, 5.41) is 1.51. The van der Waals surface area contributed by atoms with Crippen LogP contribution in [0.15, 0.2) is 47.4 Å². The predicted molar refractivity (Wildman–Crippen MR) is 147 cm³/mol. The number of rotatable bonds is 8. The van der Waals surface area contributed by atoms with E-state index in [1.807, 2.05) is 12.1 Å². The third kappa shape index (κ3) is 5.80. The number of hydrogen-bond donors (Lipinski definition) is 0. The largest absolute Gasteiger partial charge is 0.379 e. The van der Waals surface area contributed by atoms with E-state index < -0.39 is 16.1 Å². The average Bonchev–Trinajstić information content (AvgIpc) is 3.56. The third-order valence-electron chi connectivity index (χ3n) is 6.72. The monoisotopic (exact) mass is 582 g/mol. The van der Waals surface area contributed by atoms with Crippen LogP contribution in [-0.4, -0.2) is 80.5 Å². The van der Waals surface area contributed by atoms with Crippen LogP contribution < -0.4 is 4.90 Å². The van der Waals surface area contributed by atoms with Gasteiger partial charge in [-0.3, -0.25) is 14.6 Å². The molecule has 0 aliphatic carbocycles. The van der Waals surface area contributed by atoms with E-state index >= 15 is 0 Å². The number of anilines is 1. The summed E-state index contributed by atoms with van der Waals surface area (Å²) in [7, 11) is -3.87. The Morgan fingerprint density at radius 1 is 1.11 bits per heavy atom. The number of hydrogen-bond acceptors (Lipinski definition) is 7. The zero-order valence-electron chi connectivity index (χ0n) is 20.2. The highest BCUT2D eigenvalue weighted by atomic mass is 35.5. The Morgan fingerprint density at radius 3 is 2.59 bits per heavy atom. The van der Waals surface area contributed by atoms with E-state index in [9.17, 15) is 13.2 Å². The van der Waals surface area contributed by atoms with Crippen LogP contribution in [0.1, 0.15) is 19.3 Å². The molecule has 1 aromatic heterocycles. The lowest BCUT2D eigenvalue weighted by atomic mass is 10.2. The van der Waals surface area contributed by atoms with Crippen molar-refractivity contribution < 1.29 is 17.9 Å². The van der Waals surface area contributed by atoms with Crippen molar-refractivity contribution in [1.29, 1.82) is 0 Å². The van der Waals surface area contributed by atoms with Gasteiger partial charge in [0.05, 0.1) is 27.8 Å². The normalized spacial score (nSPS) is 19.5. The Bertz CT molecular complexity index is 1360. The number of thiazole rings is 1. The minimum atomic E-state index is -3.87. The highest BCUT2D eigenvalue weighted by Gasteiger charge is 2.42. The number of aromatic nitrogens is 1. The molecule has 2 fully saturated rings. The van der Waals surface area contributed by atoms with E-state index in [1.54, 1.807) is 23.1 Å². The number of carbonyl (C=O) groups is 1. The number of sulfonamides is 1. The van der Waals surface area contributed by atoms with Crippen LogP contribution >= 0.6 is 34.5 Å². The van der Waals surface area contributed by atoms with Crippen LogP contribution in [0.4, 0.5) is 5.13 Å².